The summed E-state index contributed by atoms with van der Waals surface area (Å²) in [5, 5.41) is 1.34. The van der Waals surface area contributed by atoms with Gasteiger partial charge in [0.2, 0.25) is 5.91 Å². The van der Waals surface area contributed by atoms with Gasteiger partial charge < -0.3 is 14.5 Å². The van der Waals surface area contributed by atoms with Crippen LogP contribution in [0.5, 0.6) is 0 Å². The molecule has 2 aromatic rings. The first-order chi connectivity index (χ1) is 21.9. The number of hydrogen-bond acceptors (Lipinski definition) is 5. The Kier molecular flexibility index (Phi) is 10.4. The van der Waals surface area contributed by atoms with Gasteiger partial charge in [-0.1, -0.05) is 45.2 Å². The molecule has 0 saturated carbocycles. The minimum atomic E-state index is -0.488. The Bertz CT molecular complexity index is 1470. The van der Waals surface area contributed by atoms with Gasteiger partial charge >= 0.3 is 6.09 Å². The molecule has 2 amide bonds. The van der Waals surface area contributed by atoms with Crippen molar-refractivity contribution in [3.63, 3.8) is 0 Å². The van der Waals surface area contributed by atoms with Crippen molar-refractivity contribution in [1.82, 2.24) is 19.7 Å². The van der Waals surface area contributed by atoms with E-state index in [1.165, 1.54) is 5.56 Å². The number of benzene rings is 1. The van der Waals surface area contributed by atoms with Crippen molar-refractivity contribution in [3.05, 3.63) is 62.9 Å². The van der Waals surface area contributed by atoms with Gasteiger partial charge in [0, 0.05) is 53.9 Å². The molecule has 0 radical (unpaired) electrons. The molecule has 3 aliphatic heterocycles. The van der Waals surface area contributed by atoms with Gasteiger partial charge in [0.15, 0.2) is 0 Å². The van der Waals surface area contributed by atoms with Crippen LogP contribution in [0.4, 0.5) is 4.79 Å². The van der Waals surface area contributed by atoms with Crippen molar-refractivity contribution in [2.24, 2.45) is 17.8 Å². The average Bonchev–Trinajstić information content (AvgIpc) is 3.14. The van der Waals surface area contributed by atoms with E-state index in [9.17, 15) is 9.59 Å². The van der Waals surface area contributed by atoms with Crippen LogP contribution in [0, 0.1) is 17.8 Å². The molecular formula is C36H45BrCl2N4O3. The fourth-order valence-corrected chi connectivity index (χ4v) is 8.70. The quantitative estimate of drug-likeness (QED) is 0.315. The number of likely N-dealkylation sites (tertiary alicyclic amines) is 3. The molecule has 1 atom stereocenters. The van der Waals surface area contributed by atoms with Gasteiger partial charge in [0.25, 0.3) is 0 Å². The molecule has 0 N–H and O–H groups in total. The summed E-state index contributed by atoms with van der Waals surface area (Å²) in [7, 11) is 0. The Morgan fingerprint density at radius 2 is 1.52 bits per heavy atom. The molecule has 4 heterocycles. The number of halogens is 3. The van der Waals surface area contributed by atoms with Crippen molar-refractivity contribution < 1.29 is 14.3 Å². The van der Waals surface area contributed by atoms with Crippen LogP contribution in [0.25, 0.3) is 10.6 Å². The molecule has 7 nitrogen and oxygen atoms in total. The third kappa shape index (κ3) is 7.77. The predicted octanol–water partition coefficient (Wildman–Crippen LogP) is 8.67. The van der Waals surface area contributed by atoms with Gasteiger partial charge in [-0.25, -0.2) is 4.79 Å². The van der Waals surface area contributed by atoms with Crippen molar-refractivity contribution in [2.75, 3.05) is 39.3 Å². The van der Waals surface area contributed by atoms with Crippen LogP contribution in [0.3, 0.4) is 0 Å². The molecule has 4 aliphatic rings. The molecule has 10 heteroatoms. The standard InChI is InChI=1S/C36H45BrCl2N4O3/c1-36(2,3)46-35(45)43-12-6-23(7-13-43)18-32(44)41-14-8-24(9-15-41)25-10-16-42(17-11-25)34-29-5-4-27(38)19-26(29)20-31(37)30-21-28(39)22-40-33(30)34/h4-5,19-25,34H,6-18H2,1-3H3. The Hall–Kier alpha value is -2.13. The van der Waals surface area contributed by atoms with E-state index in [2.05, 4.69) is 37.9 Å². The topological polar surface area (TPSA) is 66.0 Å². The summed E-state index contributed by atoms with van der Waals surface area (Å²) in [5.74, 6) is 1.94. The third-order valence-corrected chi connectivity index (χ3v) is 11.4. The smallest absolute Gasteiger partial charge is 0.410 e. The van der Waals surface area contributed by atoms with Crippen LogP contribution in [0.15, 0.2) is 30.5 Å². The number of fused-ring (bicyclic) bond motifs is 2. The number of piperidine rings is 3. The Morgan fingerprint density at radius 3 is 2.17 bits per heavy atom. The predicted molar refractivity (Wildman–Crippen MR) is 188 cm³/mol. The number of rotatable bonds is 4. The van der Waals surface area contributed by atoms with E-state index >= 15 is 0 Å². The van der Waals surface area contributed by atoms with Gasteiger partial charge in [-0.05, 0) is 126 Å². The number of ether oxygens (including phenoxy) is 1. The Labute approximate surface area is 291 Å². The fraction of sp³-hybridized carbons (Fsp3) is 0.583. The number of pyridine rings is 1. The molecule has 46 heavy (non-hydrogen) atoms. The summed E-state index contributed by atoms with van der Waals surface area (Å²) in [6.45, 7) is 10.7. The summed E-state index contributed by atoms with van der Waals surface area (Å²) in [5.41, 5.74) is 3.88. The van der Waals surface area contributed by atoms with Crippen molar-refractivity contribution in [1.29, 1.82) is 0 Å². The number of carbonyl (C=O) groups is 2. The van der Waals surface area contributed by atoms with Crippen molar-refractivity contribution in [2.45, 2.75) is 77.4 Å². The van der Waals surface area contributed by atoms with Gasteiger partial charge in [0.05, 0.1) is 16.8 Å². The van der Waals surface area contributed by atoms with E-state index in [4.69, 9.17) is 32.9 Å². The molecule has 0 spiro atoms. The highest BCUT2D eigenvalue weighted by molar-refractivity contribution is 9.15. The summed E-state index contributed by atoms with van der Waals surface area (Å²) in [6, 6.07) is 8.19. The van der Waals surface area contributed by atoms with Crippen LogP contribution < -0.4 is 0 Å². The van der Waals surface area contributed by atoms with Gasteiger partial charge in [-0.2, -0.15) is 0 Å². The lowest BCUT2D eigenvalue weighted by molar-refractivity contribution is -0.134. The Balaban J connectivity index is 1.01. The SMILES string of the molecule is CC(C)(C)OC(=O)N1CCC(CC(=O)N2CCC(C3CCN(C4c5ccc(Cl)cc5C=C(Br)c5cc(Cl)cnc54)CC3)CC2)CC1. The molecular weight excluding hydrogens is 687 g/mol. The first-order valence-corrected chi connectivity index (χ1v) is 18.3. The van der Waals surface area contributed by atoms with E-state index in [1.54, 1.807) is 11.1 Å². The maximum absolute atomic E-state index is 13.2. The largest absolute Gasteiger partial charge is 0.444 e. The third-order valence-electron chi connectivity index (χ3n) is 10.3. The van der Waals surface area contributed by atoms with Gasteiger partial charge in [-0.15, -0.1) is 0 Å². The highest BCUT2D eigenvalue weighted by Crippen LogP contribution is 2.44. The summed E-state index contributed by atoms with van der Waals surface area (Å²) in [4.78, 5) is 37.0. The van der Waals surface area contributed by atoms with Crippen LogP contribution in [0.2, 0.25) is 10.0 Å². The number of aromatic nitrogens is 1. The second-order valence-corrected chi connectivity index (χ2v) is 16.2. The van der Waals surface area contributed by atoms with Crippen LogP contribution >= 0.6 is 39.1 Å². The zero-order chi connectivity index (χ0) is 32.6. The number of nitrogens with zero attached hydrogens (tertiary/aromatic N) is 4. The maximum atomic E-state index is 13.2. The van der Waals surface area contributed by atoms with E-state index in [0.717, 1.165) is 91.0 Å². The first kappa shape index (κ1) is 33.8. The summed E-state index contributed by atoms with van der Waals surface area (Å²) < 4.78 is 6.49. The van der Waals surface area contributed by atoms with E-state index in [0.29, 0.717) is 42.3 Å². The minimum Gasteiger partial charge on any atom is -0.444 e. The second kappa shape index (κ2) is 14.2. The second-order valence-electron chi connectivity index (χ2n) is 14.5. The highest BCUT2D eigenvalue weighted by Gasteiger charge is 2.37. The lowest BCUT2D eigenvalue weighted by Gasteiger charge is -2.43. The molecule has 1 aliphatic carbocycles. The zero-order valence-corrected chi connectivity index (χ0v) is 30.2. The number of carbonyl (C=O) groups excluding carboxylic acids is 2. The zero-order valence-electron chi connectivity index (χ0n) is 27.1. The monoisotopic (exact) mass is 730 g/mol. The Morgan fingerprint density at radius 1 is 0.891 bits per heavy atom. The van der Waals surface area contributed by atoms with E-state index in [-0.39, 0.29) is 18.0 Å². The van der Waals surface area contributed by atoms with Crippen LogP contribution in [0.1, 0.15) is 94.1 Å². The van der Waals surface area contributed by atoms with Crippen LogP contribution in [-0.2, 0) is 9.53 Å². The molecule has 1 aromatic heterocycles. The molecule has 0 bridgehead atoms. The molecule has 3 saturated heterocycles. The van der Waals surface area contributed by atoms with Crippen LogP contribution in [-0.4, -0.2) is 76.6 Å². The number of amides is 2. The van der Waals surface area contributed by atoms with Crippen molar-refractivity contribution >= 4 is 61.7 Å². The first-order valence-electron chi connectivity index (χ1n) is 16.8. The minimum absolute atomic E-state index is 0.0299. The van der Waals surface area contributed by atoms with Crippen molar-refractivity contribution in [3.8, 4) is 0 Å². The number of hydrogen-bond donors (Lipinski definition) is 0. The van der Waals surface area contributed by atoms with E-state index in [1.807, 2.05) is 39.0 Å². The van der Waals surface area contributed by atoms with E-state index < -0.39 is 5.60 Å². The summed E-state index contributed by atoms with van der Waals surface area (Å²) in [6.07, 6.45) is 10.4. The molecule has 1 aromatic carbocycles. The maximum Gasteiger partial charge on any atom is 0.410 e. The molecule has 248 valence electrons. The normalized spacial score (nSPS) is 22.1. The molecule has 1 unspecified atom stereocenters. The van der Waals surface area contributed by atoms with Gasteiger partial charge in [-0.3, -0.25) is 14.7 Å². The fourth-order valence-electron chi connectivity index (χ4n) is 7.80. The molecule has 6 rings (SSSR count). The average molecular weight is 733 g/mol. The lowest BCUT2D eigenvalue weighted by atomic mass is 9.78. The lowest BCUT2D eigenvalue weighted by Crippen LogP contribution is -2.45. The highest BCUT2D eigenvalue weighted by atomic mass is 79.9. The molecule has 3 fully saturated rings. The summed E-state index contributed by atoms with van der Waals surface area (Å²) >= 11 is 16.6. The van der Waals surface area contributed by atoms with Gasteiger partial charge in [0.1, 0.15) is 5.60 Å².